The van der Waals surface area contributed by atoms with Crippen LogP contribution in [0.1, 0.15) is 92.6 Å². The van der Waals surface area contributed by atoms with Crippen LogP contribution in [-0.4, -0.2) is 52.1 Å². The molecule has 5 fully saturated rings. The Kier molecular flexibility index (Phi) is 6.71. The van der Waals surface area contributed by atoms with Gasteiger partial charge in [0.05, 0.1) is 0 Å². The van der Waals surface area contributed by atoms with Crippen LogP contribution in [0.5, 0.6) is 0 Å². The van der Waals surface area contributed by atoms with Crippen LogP contribution in [0.3, 0.4) is 0 Å². The number of hydrogen-bond acceptors (Lipinski definition) is 5. The number of hydrogen-bond donors (Lipinski definition) is 3. The van der Waals surface area contributed by atoms with E-state index in [4.69, 9.17) is 0 Å². The van der Waals surface area contributed by atoms with Crippen molar-refractivity contribution in [3.63, 3.8) is 0 Å². The van der Waals surface area contributed by atoms with E-state index >= 15 is 0 Å². The highest BCUT2D eigenvalue weighted by Crippen LogP contribution is 2.55. The molecule has 208 valence electrons. The van der Waals surface area contributed by atoms with Crippen LogP contribution in [0.25, 0.3) is 0 Å². The quantitative estimate of drug-likeness (QED) is 0.442. The Bertz CT molecular complexity index is 1190. The summed E-state index contributed by atoms with van der Waals surface area (Å²) in [4.78, 5) is 64.1. The molecule has 1 unspecified atom stereocenters. The molecular weight excluding hydrogens is 496 g/mol. The number of amides is 5. The third kappa shape index (κ3) is 5.08. The van der Waals surface area contributed by atoms with Crippen molar-refractivity contribution in [1.29, 1.82) is 0 Å². The highest BCUT2D eigenvalue weighted by molar-refractivity contribution is 6.05. The fourth-order valence-corrected chi connectivity index (χ4v) is 8.51. The Hall–Kier alpha value is -3.23. The van der Waals surface area contributed by atoms with Gasteiger partial charge in [-0.25, -0.2) is 0 Å². The van der Waals surface area contributed by atoms with Gasteiger partial charge in [0.25, 0.3) is 5.91 Å². The van der Waals surface area contributed by atoms with Gasteiger partial charge in [-0.1, -0.05) is 12.1 Å². The maximum absolute atomic E-state index is 13.5. The van der Waals surface area contributed by atoms with Gasteiger partial charge in [0, 0.05) is 31.0 Å². The summed E-state index contributed by atoms with van der Waals surface area (Å²) >= 11 is 0. The van der Waals surface area contributed by atoms with Crippen molar-refractivity contribution >= 4 is 29.5 Å². The molecule has 9 nitrogen and oxygen atoms in total. The van der Waals surface area contributed by atoms with E-state index in [2.05, 4.69) is 16.0 Å². The SMILES string of the molecule is CC(=O)N[C@@H](CCCc1cccc2c1CN(C1CCC(=O)NC1=O)C2=O)C(=O)NC12CC3CC(CC(C3)C1)C2. The average Bonchev–Trinajstić information content (AvgIpc) is 3.19. The molecule has 2 aliphatic heterocycles. The minimum Gasteiger partial charge on any atom is -0.349 e. The predicted octanol–water partition coefficient (Wildman–Crippen LogP) is 2.36. The van der Waals surface area contributed by atoms with E-state index in [9.17, 15) is 24.0 Å². The van der Waals surface area contributed by atoms with Gasteiger partial charge in [0.15, 0.2) is 0 Å². The fraction of sp³-hybridized carbons (Fsp3) is 0.633. The molecule has 6 aliphatic rings. The topological polar surface area (TPSA) is 125 Å². The zero-order valence-corrected chi connectivity index (χ0v) is 22.6. The maximum Gasteiger partial charge on any atom is 0.255 e. The van der Waals surface area contributed by atoms with Gasteiger partial charge in [-0.2, -0.15) is 0 Å². The molecule has 4 aliphatic carbocycles. The van der Waals surface area contributed by atoms with Crippen molar-refractivity contribution in [1.82, 2.24) is 20.9 Å². The molecule has 0 spiro atoms. The van der Waals surface area contributed by atoms with Crippen LogP contribution >= 0.6 is 0 Å². The third-order valence-corrected chi connectivity index (χ3v) is 9.74. The standard InChI is InChI=1S/C30H38N4O5/c1-17(35)31-24(27(37)33-30-13-18-10-19(14-30)12-20(11-18)15-30)7-3-5-21-4-2-6-22-23(21)16-34(29(22)39)25-8-9-26(36)32-28(25)38/h2,4,6,18-20,24-25H,3,5,7-16H2,1H3,(H,31,35)(H,33,37)(H,32,36,38)/t18?,19?,20?,24-,25?,30?/m0/s1. The van der Waals surface area contributed by atoms with E-state index in [1.165, 1.54) is 26.2 Å². The molecular formula is C30H38N4O5. The Balaban J connectivity index is 1.10. The molecule has 39 heavy (non-hydrogen) atoms. The molecule has 3 N–H and O–H groups in total. The summed E-state index contributed by atoms with van der Waals surface area (Å²) in [6.45, 7) is 1.78. The summed E-state index contributed by atoms with van der Waals surface area (Å²) in [6.07, 6.45) is 9.46. The smallest absolute Gasteiger partial charge is 0.255 e. The summed E-state index contributed by atoms with van der Waals surface area (Å²) < 4.78 is 0. The number of nitrogens with one attached hydrogen (secondary N) is 3. The lowest BCUT2D eigenvalue weighted by molar-refractivity contribution is -0.137. The van der Waals surface area contributed by atoms with Gasteiger partial charge in [0.2, 0.25) is 23.6 Å². The van der Waals surface area contributed by atoms with Crippen LogP contribution in [0, 0.1) is 17.8 Å². The lowest BCUT2D eigenvalue weighted by Crippen LogP contribution is -2.62. The number of benzene rings is 1. The number of aryl methyl sites for hydroxylation is 1. The number of carbonyl (C=O) groups excluding carboxylic acids is 5. The molecule has 2 heterocycles. The zero-order chi connectivity index (χ0) is 27.3. The first kappa shape index (κ1) is 26.0. The monoisotopic (exact) mass is 534 g/mol. The van der Waals surface area contributed by atoms with E-state index < -0.39 is 18.0 Å². The van der Waals surface area contributed by atoms with Crippen molar-refractivity contribution in [3.8, 4) is 0 Å². The third-order valence-electron chi connectivity index (χ3n) is 9.74. The molecule has 1 aromatic rings. The van der Waals surface area contributed by atoms with Crippen molar-refractivity contribution in [2.24, 2.45) is 17.8 Å². The Morgan fingerprint density at radius 1 is 1.08 bits per heavy atom. The molecule has 9 heteroatoms. The second-order valence-corrected chi connectivity index (χ2v) is 12.7. The van der Waals surface area contributed by atoms with E-state index in [0.29, 0.717) is 37.8 Å². The Morgan fingerprint density at radius 3 is 2.41 bits per heavy atom. The van der Waals surface area contributed by atoms with E-state index in [1.807, 2.05) is 12.1 Å². The first-order valence-electron chi connectivity index (χ1n) is 14.5. The molecule has 0 aromatic heterocycles. The van der Waals surface area contributed by atoms with Crippen LogP contribution in [0.4, 0.5) is 0 Å². The number of nitrogens with zero attached hydrogens (tertiary/aromatic N) is 1. The van der Waals surface area contributed by atoms with Gasteiger partial charge in [-0.3, -0.25) is 29.3 Å². The summed E-state index contributed by atoms with van der Waals surface area (Å²) in [7, 11) is 0. The normalized spacial score (nSPS) is 31.6. The van der Waals surface area contributed by atoms with Crippen molar-refractivity contribution in [2.45, 2.75) is 102 Å². The van der Waals surface area contributed by atoms with Crippen LogP contribution in [0.2, 0.25) is 0 Å². The van der Waals surface area contributed by atoms with Gasteiger partial charge in [-0.05, 0) is 99.2 Å². The van der Waals surface area contributed by atoms with Crippen molar-refractivity contribution in [2.75, 3.05) is 0 Å². The highest BCUT2D eigenvalue weighted by atomic mass is 16.2. The van der Waals surface area contributed by atoms with Crippen molar-refractivity contribution < 1.29 is 24.0 Å². The van der Waals surface area contributed by atoms with Crippen LogP contribution < -0.4 is 16.0 Å². The maximum atomic E-state index is 13.5. The molecule has 4 bridgehead atoms. The summed E-state index contributed by atoms with van der Waals surface area (Å²) in [5.74, 6) is 0.957. The molecule has 7 rings (SSSR count). The minimum absolute atomic E-state index is 0.0790. The van der Waals surface area contributed by atoms with E-state index in [-0.39, 0.29) is 35.6 Å². The molecule has 4 saturated carbocycles. The highest BCUT2D eigenvalue weighted by Gasteiger charge is 2.52. The Morgan fingerprint density at radius 2 is 1.77 bits per heavy atom. The first-order chi connectivity index (χ1) is 18.7. The summed E-state index contributed by atoms with van der Waals surface area (Å²) in [6, 6.07) is 4.39. The van der Waals surface area contributed by atoms with E-state index in [0.717, 1.165) is 48.1 Å². The molecule has 1 aromatic carbocycles. The van der Waals surface area contributed by atoms with Gasteiger partial charge < -0.3 is 15.5 Å². The minimum atomic E-state index is -0.645. The molecule has 0 radical (unpaired) electrons. The lowest BCUT2D eigenvalue weighted by Gasteiger charge is -2.57. The second kappa shape index (κ2) is 10.1. The lowest BCUT2D eigenvalue weighted by atomic mass is 9.53. The van der Waals surface area contributed by atoms with Crippen LogP contribution in [0.15, 0.2) is 18.2 Å². The predicted molar refractivity (Wildman–Crippen MR) is 142 cm³/mol. The number of carbonyl (C=O) groups is 5. The molecule has 2 atom stereocenters. The van der Waals surface area contributed by atoms with Crippen molar-refractivity contribution in [3.05, 3.63) is 34.9 Å². The first-order valence-corrected chi connectivity index (χ1v) is 14.5. The van der Waals surface area contributed by atoms with Gasteiger partial charge >= 0.3 is 0 Å². The van der Waals surface area contributed by atoms with Gasteiger partial charge in [-0.15, -0.1) is 0 Å². The van der Waals surface area contributed by atoms with Gasteiger partial charge in [0.1, 0.15) is 12.1 Å². The second-order valence-electron chi connectivity index (χ2n) is 12.7. The largest absolute Gasteiger partial charge is 0.349 e. The zero-order valence-electron chi connectivity index (χ0n) is 22.6. The number of fused-ring (bicyclic) bond motifs is 1. The molecule has 1 saturated heterocycles. The number of imide groups is 1. The van der Waals surface area contributed by atoms with Crippen LogP contribution in [-0.2, 0) is 32.1 Å². The Labute approximate surface area is 228 Å². The number of piperidine rings is 1. The average molecular weight is 535 g/mol. The summed E-state index contributed by atoms with van der Waals surface area (Å²) in [5, 5.41) is 8.63. The summed E-state index contributed by atoms with van der Waals surface area (Å²) in [5.41, 5.74) is 2.40. The number of rotatable bonds is 8. The van der Waals surface area contributed by atoms with E-state index in [1.54, 1.807) is 11.0 Å². The molecule has 5 amide bonds. The fourth-order valence-electron chi connectivity index (χ4n) is 8.51.